The number of para-hydroxylation sites is 1. The van der Waals surface area contributed by atoms with Crippen LogP contribution >= 0.6 is 15.9 Å². The van der Waals surface area contributed by atoms with Crippen LogP contribution in [0.15, 0.2) is 18.2 Å². The van der Waals surface area contributed by atoms with Crippen molar-refractivity contribution in [2.75, 3.05) is 18.4 Å². The van der Waals surface area contributed by atoms with E-state index in [9.17, 15) is 23.1 Å². The summed E-state index contributed by atoms with van der Waals surface area (Å²) in [5.41, 5.74) is 0.321. The second-order valence-corrected chi connectivity index (χ2v) is 4.79. The number of nitrogens with zero attached hydrogens (tertiary/aromatic N) is 1. The van der Waals surface area contributed by atoms with E-state index in [-0.39, 0.29) is 23.2 Å². The number of phenols is 1. The lowest BCUT2D eigenvalue weighted by atomic mass is 10.1. The molecule has 0 saturated carbocycles. The number of phenolic OH excluding ortho intramolecular Hbond substituents is 1. The number of amides is 1. The van der Waals surface area contributed by atoms with Gasteiger partial charge < -0.3 is 10.0 Å². The quantitative estimate of drug-likeness (QED) is 0.856. The standard InChI is InChI=1S/C12H13BrF3NO2/c1-8-3-2-4-9(10(8)18)11(19)17(6-5-13)7-12(14,15)16/h2-4,18H,5-7H2,1H3. The largest absolute Gasteiger partial charge is 0.507 e. The highest BCUT2D eigenvalue weighted by molar-refractivity contribution is 9.09. The molecular formula is C12H13BrF3NO2. The van der Waals surface area contributed by atoms with Crippen molar-refractivity contribution >= 4 is 21.8 Å². The van der Waals surface area contributed by atoms with E-state index >= 15 is 0 Å². The van der Waals surface area contributed by atoms with Crippen LogP contribution < -0.4 is 0 Å². The Morgan fingerprint density at radius 1 is 1.42 bits per heavy atom. The highest BCUT2D eigenvalue weighted by atomic mass is 79.9. The molecule has 0 aliphatic heterocycles. The van der Waals surface area contributed by atoms with Crippen molar-refractivity contribution in [3.63, 3.8) is 0 Å². The van der Waals surface area contributed by atoms with E-state index in [0.29, 0.717) is 10.5 Å². The minimum Gasteiger partial charge on any atom is -0.507 e. The van der Waals surface area contributed by atoms with E-state index in [4.69, 9.17) is 0 Å². The third kappa shape index (κ3) is 4.41. The maximum Gasteiger partial charge on any atom is 0.406 e. The highest BCUT2D eigenvalue weighted by Crippen LogP contribution is 2.25. The number of aryl methyl sites for hydroxylation is 1. The van der Waals surface area contributed by atoms with Gasteiger partial charge in [0.25, 0.3) is 5.91 Å². The lowest BCUT2D eigenvalue weighted by Crippen LogP contribution is -2.40. The molecule has 0 heterocycles. The molecule has 0 atom stereocenters. The van der Waals surface area contributed by atoms with Gasteiger partial charge in [0, 0.05) is 11.9 Å². The van der Waals surface area contributed by atoms with E-state index in [0.717, 1.165) is 0 Å². The van der Waals surface area contributed by atoms with Gasteiger partial charge in [-0.2, -0.15) is 13.2 Å². The Balaban J connectivity index is 3.02. The molecule has 1 aromatic carbocycles. The first-order chi connectivity index (χ1) is 8.76. The van der Waals surface area contributed by atoms with Crippen LogP contribution in [0.1, 0.15) is 15.9 Å². The van der Waals surface area contributed by atoms with Gasteiger partial charge in [-0.05, 0) is 18.6 Å². The first-order valence-electron chi connectivity index (χ1n) is 5.47. The summed E-state index contributed by atoms with van der Waals surface area (Å²) in [6.07, 6.45) is -4.47. The van der Waals surface area contributed by atoms with Gasteiger partial charge in [-0.1, -0.05) is 28.1 Å². The average Bonchev–Trinajstić information content (AvgIpc) is 2.30. The molecule has 0 fully saturated rings. The summed E-state index contributed by atoms with van der Waals surface area (Å²) < 4.78 is 37.2. The van der Waals surface area contributed by atoms with Crippen LogP contribution in [0.3, 0.4) is 0 Å². The fraction of sp³-hybridized carbons (Fsp3) is 0.417. The van der Waals surface area contributed by atoms with Crippen molar-refractivity contribution in [2.24, 2.45) is 0 Å². The topological polar surface area (TPSA) is 40.5 Å². The Labute approximate surface area is 117 Å². The summed E-state index contributed by atoms with van der Waals surface area (Å²) in [6.45, 7) is 0.140. The van der Waals surface area contributed by atoms with Gasteiger partial charge in [0.2, 0.25) is 0 Å². The van der Waals surface area contributed by atoms with Crippen LogP contribution in [0, 0.1) is 6.92 Å². The Morgan fingerprint density at radius 3 is 2.58 bits per heavy atom. The van der Waals surface area contributed by atoms with Gasteiger partial charge >= 0.3 is 6.18 Å². The molecule has 7 heteroatoms. The van der Waals surface area contributed by atoms with Crippen molar-refractivity contribution in [3.05, 3.63) is 29.3 Å². The number of rotatable bonds is 4. The second-order valence-electron chi connectivity index (χ2n) is 4.00. The molecule has 0 bridgehead atoms. The van der Waals surface area contributed by atoms with Crippen molar-refractivity contribution in [3.8, 4) is 5.75 Å². The predicted molar refractivity (Wildman–Crippen MR) is 68.6 cm³/mol. The summed E-state index contributed by atoms with van der Waals surface area (Å²) in [7, 11) is 0. The normalized spacial score (nSPS) is 11.4. The molecule has 19 heavy (non-hydrogen) atoms. The minimum atomic E-state index is -4.47. The van der Waals surface area contributed by atoms with E-state index in [1.54, 1.807) is 13.0 Å². The van der Waals surface area contributed by atoms with Gasteiger partial charge in [-0.3, -0.25) is 4.79 Å². The lowest BCUT2D eigenvalue weighted by molar-refractivity contribution is -0.140. The molecule has 1 amide bonds. The van der Waals surface area contributed by atoms with Crippen molar-refractivity contribution in [1.82, 2.24) is 4.90 Å². The van der Waals surface area contributed by atoms with Crippen LogP contribution in [0.5, 0.6) is 5.75 Å². The lowest BCUT2D eigenvalue weighted by Gasteiger charge is -2.23. The third-order valence-corrected chi connectivity index (χ3v) is 2.83. The number of carbonyl (C=O) groups excluding carboxylic acids is 1. The zero-order valence-electron chi connectivity index (χ0n) is 10.2. The SMILES string of the molecule is Cc1cccc(C(=O)N(CCBr)CC(F)(F)F)c1O. The molecule has 0 aliphatic carbocycles. The number of halogens is 4. The highest BCUT2D eigenvalue weighted by Gasteiger charge is 2.33. The number of benzene rings is 1. The summed E-state index contributed by atoms with van der Waals surface area (Å²) in [5.74, 6) is -1.12. The molecule has 0 radical (unpaired) electrons. The maximum atomic E-state index is 12.4. The monoisotopic (exact) mass is 339 g/mol. The Kier molecular flexibility index (Phi) is 5.22. The summed E-state index contributed by atoms with van der Waals surface area (Å²) >= 11 is 3.01. The Hall–Kier alpha value is -1.24. The number of carbonyl (C=O) groups is 1. The Morgan fingerprint density at radius 2 is 2.05 bits per heavy atom. The molecule has 106 valence electrons. The molecule has 1 N–H and O–H groups in total. The molecular weight excluding hydrogens is 327 g/mol. The first-order valence-corrected chi connectivity index (χ1v) is 6.59. The van der Waals surface area contributed by atoms with E-state index in [1.807, 2.05) is 0 Å². The molecule has 0 unspecified atom stereocenters. The second kappa shape index (κ2) is 6.27. The minimum absolute atomic E-state index is 0.0915. The van der Waals surface area contributed by atoms with Crippen LogP contribution in [0.25, 0.3) is 0 Å². The number of aromatic hydroxyl groups is 1. The van der Waals surface area contributed by atoms with Crippen molar-refractivity contribution in [2.45, 2.75) is 13.1 Å². The molecule has 1 aromatic rings. The first kappa shape index (κ1) is 15.8. The number of hydrogen-bond acceptors (Lipinski definition) is 2. The smallest absolute Gasteiger partial charge is 0.406 e. The summed E-state index contributed by atoms with van der Waals surface area (Å²) in [5, 5.41) is 9.97. The predicted octanol–water partition coefficient (Wildman–Crippen LogP) is 3.10. The molecule has 1 rings (SSSR count). The van der Waals surface area contributed by atoms with E-state index in [1.165, 1.54) is 12.1 Å². The van der Waals surface area contributed by atoms with E-state index in [2.05, 4.69) is 15.9 Å². The molecule has 0 aliphatic rings. The molecule has 3 nitrogen and oxygen atoms in total. The number of hydrogen-bond donors (Lipinski definition) is 1. The van der Waals surface area contributed by atoms with Gasteiger partial charge in [-0.25, -0.2) is 0 Å². The van der Waals surface area contributed by atoms with Crippen LogP contribution in [-0.2, 0) is 0 Å². The van der Waals surface area contributed by atoms with Crippen molar-refractivity contribution in [1.29, 1.82) is 0 Å². The molecule has 0 aromatic heterocycles. The Bertz CT molecular complexity index is 463. The van der Waals surface area contributed by atoms with Gasteiger partial charge in [-0.15, -0.1) is 0 Å². The number of alkyl halides is 4. The van der Waals surface area contributed by atoms with Gasteiger partial charge in [0.15, 0.2) is 0 Å². The summed E-state index contributed by atoms with van der Waals surface area (Å²) in [4.78, 5) is 12.7. The summed E-state index contributed by atoms with van der Waals surface area (Å²) in [6, 6.07) is 4.40. The fourth-order valence-corrected chi connectivity index (χ4v) is 2.00. The van der Waals surface area contributed by atoms with Gasteiger partial charge in [0.05, 0.1) is 5.56 Å². The van der Waals surface area contributed by atoms with Crippen LogP contribution in [-0.4, -0.2) is 40.5 Å². The maximum absolute atomic E-state index is 12.4. The van der Waals surface area contributed by atoms with E-state index < -0.39 is 18.6 Å². The van der Waals surface area contributed by atoms with Gasteiger partial charge in [0.1, 0.15) is 12.3 Å². The molecule has 0 saturated heterocycles. The third-order valence-electron chi connectivity index (χ3n) is 2.48. The van der Waals surface area contributed by atoms with Crippen molar-refractivity contribution < 1.29 is 23.1 Å². The van der Waals surface area contributed by atoms with Crippen LogP contribution in [0.4, 0.5) is 13.2 Å². The zero-order valence-corrected chi connectivity index (χ0v) is 11.8. The molecule has 0 spiro atoms. The van der Waals surface area contributed by atoms with Crippen LogP contribution in [0.2, 0.25) is 0 Å². The average molecular weight is 340 g/mol. The fourth-order valence-electron chi connectivity index (χ4n) is 1.57. The zero-order chi connectivity index (χ0) is 14.6.